The van der Waals surface area contributed by atoms with Crippen LogP contribution in [-0.2, 0) is 47.6 Å². The standard InChI is InChI=1S/C38H71ClO7.C35H68O5/c1-4-6-8-10-12-14-16-18-20-22-24-26-28-30-36(40)43-32-35(46-38(42)45-34(3)39)33-44-37(41)31-29-27-25-23-21-19-17-15-13-11-9-7-5-2;1-3-5-7-9-11-13-15-17-19-21-23-25-27-29-34(37)39-31-33(36)32-40-35(38)30-28-26-24-22-20-18-16-14-12-10-8-6-4-2/h34-35H,4-33H2,1-3H3;33,36H,3-32H2,1-2H3. The number of hydrogen-bond donors (Lipinski definition) is 1. The maximum Gasteiger partial charge on any atom is 0.510 e. The largest absolute Gasteiger partial charge is 0.510 e. The number of aliphatic hydroxyl groups excluding tert-OH is 1. The average molecular weight is 1240 g/mol. The van der Waals surface area contributed by atoms with Gasteiger partial charge in [-0.3, -0.25) is 19.2 Å². The summed E-state index contributed by atoms with van der Waals surface area (Å²) in [6.07, 6.45) is 63.7. The van der Waals surface area contributed by atoms with Gasteiger partial charge in [-0.25, -0.2) is 4.79 Å². The van der Waals surface area contributed by atoms with E-state index in [-0.39, 0.29) is 50.3 Å². The summed E-state index contributed by atoms with van der Waals surface area (Å²) in [4.78, 5) is 60.3. The summed E-state index contributed by atoms with van der Waals surface area (Å²) in [6, 6.07) is 0. The van der Waals surface area contributed by atoms with E-state index in [0.29, 0.717) is 25.7 Å². The maximum absolute atomic E-state index is 12.3. The smallest absolute Gasteiger partial charge is 0.463 e. The Morgan fingerprint density at radius 2 is 0.453 bits per heavy atom. The van der Waals surface area contributed by atoms with E-state index in [9.17, 15) is 29.1 Å². The Kier molecular flexibility index (Phi) is 71.0. The van der Waals surface area contributed by atoms with Crippen LogP contribution in [0.4, 0.5) is 4.79 Å². The minimum atomic E-state index is -0.993. The molecule has 0 fully saturated rings. The predicted octanol–water partition coefficient (Wildman–Crippen LogP) is 22.5. The van der Waals surface area contributed by atoms with Gasteiger partial charge in [-0.2, -0.15) is 0 Å². The Morgan fingerprint density at radius 3 is 0.640 bits per heavy atom. The summed E-state index contributed by atoms with van der Waals surface area (Å²) in [5, 5.41) is 9.96. The maximum atomic E-state index is 12.3. The predicted molar refractivity (Wildman–Crippen MR) is 358 cm³/mol. The first-order chi connectivity index (χ1) is 42.0. The van der Waals surface area contributed by atoms with E-state index in [1.165, 1.54) is 277 Å². The summed E-state index contributed by atoms with van der Waals surface area (Å²) < 4.78 is 31.0. The number of carbonyl (C=O) groups excluding carboxylic acids is 5. The van der Waals surface area contributed by atoms with Crippen molar-refractivity contribution in [2.45, 2.75) is 412 Å². The fourth-order valence-electron chi connectivity index (χ4n) is 10.6. The van der Waals surface area contributed by atoms with Crippen molar-refractivity contribution in [1.82, 2.24) is 0 Å². The van der Waals surface area contributed by atoms with Crippen LogP contribution < -0.4 is 0 Å². The van der Waals surface area contributed by atoms with E-state index in [4.69, 9.17) is 40.0 Å². The molecule has 0 aromatic heterocycles. The number of carbonyl (C=O) groups is 5. The summed E-state index contributed by atoms with van der Waals surface area (Å²) in [5.41, 5.74) is -0.871. The van der Waals surface area contributed by atoms with Gasteiger partial charge in [0.15, 0.2) is 11.7 Å². The molecule has 0 spiro atoms. The zero-order valence-electron chi connectivity index (χ0n) is 57.0. The SMILES string of the molecule is CCCCCCCCCCCCCCCC(=O)OCC(COC(=O)CCCCCCCCCCCCCCC)OC(=O)OC(C)Cl.CCCCCCCCCCCCCCCC(=O)OCC(O)COC(=O)CCCCCCCCCCCCCCC. The second-order valence-corrected chi connectivity index (χ2v) is 25.6. The zero-order chi connectivity index (χ0) is 63.3. The molecule has 1 N–H and O–H groups in total. The summed E-state index contributed by atoms with van der Waals surface area (Å²) in [7, 11) is 0. The quantitative estimate of drug-likeness (QED) is 0.0266. The molecule has 0 amide bonds. The van der Waals surface area contributed by atoms with Crippen LogP contribution in [-0.4, -0.2) is 79.3 Å². The first-order valence-corrected chi connectivity index (χ1v) is 37.2. The van der Waals surface area contributed by atoms with Crippen LogP contribution in [0, 0.1) is 0 Å². The molecule has 0 aliphatic heterocycles. The van der Waals surface area contributed by atoms with Crippen molar-refractivity contribution in [3.8, 4) is 0 Å². The molecule has 0 heterocycles. The van der Waals surface area contributed by atoms with Gasteiger partial charge in [0.25, 0.3) is 0 Å². The van der Waals surface area contributed by atoms with E-state index < -0.39 is 23.9 Å². The number of rotatable bonds is 66. The third-order valence-electron chi connectivity index (χ3n) is 16.2. The molecule has 1 atom stereocenters. The van der Waals surface area contributed by atoms with Crippen LogP contribution in [0.2, 0.25) is 0 Å². The highest BCUT2D eigenvalue weighted by Crippen LogP contribution is 2.18. The van der Waals surface area contributed by atoms with Crippen molar-refractivity contribution >= 4 is 41.6 Å². The van der Waals surface area contributed by atoms with Gasteiger partial charge in [0.2, 0.25) is 0 Å². The Balaban J connectivity index is 0. The van der Waals surface area contributed by atoms with Gasteiger partial charge in [0.05, 0.1) is 0 Å². The molecule has 0 bridgehead atoms. The Labute approximate surface area is 535 Å². The molecular weight excluding hydrogens is 1100 g/mol. The minimum Gasteiger partial charge on any atom is -0.463 e. The molecule has 0 saturated heterocycles. The second kappa shape index (κ2) is 71.5. The van der Waals surface area contributed by atoms with Gasteiger partial charge < -0.3 is 33.5 Å². The van der Waals surface area contributed by atoms with Crippen molar-refractivity contribution in [2.75, 3.05) is 26.4 Å². The van der Waals surface area contributed by atoms with Crippen molar-refractivity contribution in [3.63, 3.8) is 0 Å². The topological polar surface area (TPSA) is 161 Å². The lowest BCUT2D eigenvalue weighted by atomic mass is 10.0. The number of ether oxygens (including phenoxy) is 6. The lowest BCUT2D eigenvalue weighted by molar-refractivity contribution is -0.154. The summed E-state index contributed by atoms with van der Waals surface area (Å²) in [5.74, 6) is -1.26. The molecule has 1 unspecified atom stereocenters. The Morgan fingerprint density at radius 1 is 0.279 bits per heavy atom. The van der Waals surface area contributed by atoms with E-state index in [0.717, 1.165) is 64.2 Å². The fourth-order valence-corrected chi connectivity index (χ4v) is 10.7. The van der Waals surface area contributed by atoms with Crippen LogP contribution in [0.25, 0.3) is 0 Å². The van der Waals surface area contributed by atoms with Crippen LogP contribution in [0.15, 0.2) is 0 Å². The van der Waals surface area contributed by atoms with E-state index in [2.05, 4.69) is 27.7 Å². The number of unbranched alkanes of at least 4 members (excludes halogenated alkanes) is 48. The zero-order valence-corrected chi connectivity index (χ0v) is 57.7. The minimum absolute atomic E-state index is 0.108. The number of aliphatic hydroxyl groups is 1. The van der Waals surface area contributed by atoms with Crippen LogP contribution in [0.5, 0.6) is 0 Å². The van der Waals surface area contributed by atoms with Gasteiger partial charge in [0.1, 0.15) is 32.5 Å². The normalized spacial score (nSPS) is 11.6. The molecule has 0 aromatic rings. The number of esters is 4. The summed E-state index contributed by atoms with van der Waals surface area (Å²) >= 11 is 5.71. The number of hydrogen-bond acceptors (Lipinski definition) is 12. The molecule has 510 valence electrons. The van der Waals surface area contributed by atoms with E-state index in [1.807, 2.05) is 0 Å². The van der Waals surface area contributed by atoms with Gasteiger partial charge in [-0.15, -0.1) is 0 Å². The summed E-state index contributed by atoms with van der Waals surface area (Å²) in [6.45, 7) is 9.90. The second-order valence-electron chi connectivity index (χ2n) is 25.0. The van der Waals surface area contributed by atoms with Crippen LogP contribution in [0.3, 0.4) is 0 Å². The van der Waals surface area contributed by atoms with Crippen LogP contribution in [0.1, 0.15) is 394 Å². The number of alkyl halides is 1. The van der Waals surface area contributed by atoms with Crippen molar-refractivity contribution < 1.29 is 57.5 Å². The monoisotopic (exact) mass is 1240 g/mol. The molecule has 0 radical (unpaired) electrons. The van der Waals surface area contributed by atoms with Crippen molar-refractivity contribution in [1.29, 1.82) is 0 Å². The van der Waals surface area contributed by atoms with Gasteiger partial charge >= 0.3 is 30.0 Å². The third kappa shape index (κ3) is 72.1. The van der Waals surface area contributed by atoms with Gasteiger partial charge in [0, 0.05) is 25.7 Å². The molecule has 0 rings (SSSR count). The first kappa shape index (κ1) is 85.5. The van der Waals surface area contributed by atoms with Gasteiger partial charge in [-0.05, 0) is 32.6 Å². The highest BCUT2D eigenvalue weighted by molar-refractivity contribution is 6.19. The van der Waals surface area contributed by atoms with Crippen molar-refractivity contribution in [3.05, 3.63) is 0 Å². The van der Waals surface area contributed by atoms with E-state index in [1.54, 1.807) is 0 Å². The molecule has 0 saturated carbocycles. The lowest BCUT2D eigenvalue weighted by Gasteiger charge is -2.18. The molecule has 12 nitrogen and oxygen atoms in total. The highest BCUT2D eigenvalue weighted by Gasteiger charge is 2.22. The molecular formula is C73H139ClO12. The van der Waals surface area contributed by atoms with Crippen molar-refractivity contribution in [2.24, 2.45) is 0 Å². The fraction of sp³-hybridized carbons (Fsp3) is 0.932. The number of halogens is 1. The molecule has 0 aromatic carbocycles. The van der Waals surface area contributed by atoms with E-state index >= 15 is 0 Å². The molecule has 0 aliphatic rings. The average Bonchev–Trinajstić information content (AvgIpc) is 3.56. The highest BCUT2D eigenvalue weighted by atomic mass is 35.5. The van der Waals surface area contributed by atoms with Crippen LogP contribution >= 0.6 is 11.6 Å². The molecule has 0 aliphatic carbocycles. The lowest BCUT2D eigenvalue weighted by Crippen LogP contribution is -2.31. The van der Waals surface area contributed by atoms with Gasteiger partial charge in [-0.1, -0.05) is 347 Å². The first-order valence-electron chi connectivity index (χ1n) is 36.8. The molecule has 86 heavy (non-hydrogen) atoms. The Hall–Kier alpha value is -2.60. The Bertz CT molecular complexity index is 1350. The third-order valence-corrected chi connectivity index (χ3v) is 16.3. The molecule has 13 heteroatoms.